The van der Waals surface area contributed by atoms with Gasteiger partial charge in [0, 0.05) is 6.42 Å². The van der Waals surface area contributed by atoms with Gasteiger partial charge in [0.1, 0.15) is 0 Å². The summed E-state index contributed by atoms with van der Waals surface area (Å²) in [6, 6.07) is 7.58. The van der Waals surface area contributed by atoms with Gasteiger partial charge < -0.3 is 0 Å². The van der Waals surface area contributed by atoms with Crippen molar-refractivity contribution in [1.82, 2.24) is 0 Å². The fourth-order valence-corrected chi connectivity index (χ4v) is 1.48. The Kier molecular flexibility index (Phi) is 1.84. The van der Waals surface area contributed by atoms with Crippen LogP contribution in [0.15, 0.2) is 30.3 Å². The SMILES string of the molecule is FC1(F)C[C](c2ccccc2)C1(F)F. The molecule has 0 bridgehead atoms. The van der Waals surface area contributed by atoms with Crippen LogP contribution in [0.2, 0.25) is 0 Å². The standard InChI is InChI=1S/C10H7F4/c11-9(12)6-8(10(9,13)14)7-4-2-1-3-5-7/h1-5H,6H2. The summed E-state index contributed by atoms with van der Waals surface area (Å²) in [6.07, 6.45) is -0.843. The minimum atomic E-state index is -3.98. The lowest BCUT2D eigenvalue weighted by Gasteiger charge is -2.43. The van der Waals surface area contributed by atoms with Gasteiger partial charge in [-0.3, -0.25) is 0 Å². The molecule has 0 amide bonds. The molecule has 0 nitrogen and oxygen atoms in total. The van der Waals surface area contributed by atoms with Crippen molar-refractivity contribution in [3.63, 3.8) is 0 Å². The second-order valence-corrected chi connectivity index (χ2v) is 3.30. The predicted octanol–water partition coefficient (Wildman–Crippen LogP) is 3.28. The Morgan fingerprint density at radius 1 is 0.929 bits per heavy atom. The lowest BCUT2D eigenvalue weighted by Crippen LogP contribution is -2.57. The summed E-state index contributed by atoms with van der Waals surface area (Å²) in [6.45, 7) is 0. The van der Waals surface area contributed by atoms with Gasteiger partial charge >= 0.3 is 11.8 Å². The first-order valence-electron chi connectivity index (χ1n) is 4.12. The molecule has 1 aromatic carbocycles. The topological polar surface area (TPSA) is 0 Å². The number of rotatable bonds is 1. The lowest BCUT2D eigenvalue weighted by molar-refractivity contribution is -0.249. The van der Waals surface area contributed by atoms with E-state index >= 15 is 0 Å². The van der Waals surface area contributed by atoms with Crippen molar-refractivity contribution in [2.45, 2.75) is 18.3 Å². The Bertz CT molecular complexity index is 331. The first kappa shape index (κ1) is 9.49. The fourth-order valence-electron chi connectivity index (χ4n) is 1.48. The van der Waals surface area contributed by atoms with Crippen molar-refractivity contribution in [2.75, 3.05) is 0 Å². The van der Waals surface area contributed by atoms with Crippen LogP contribution in [-0.2, 0) is 0 Å². The molecule has 0 spiro atoms. The van der Waals surface area contributed by atoms with Gasteiger partial charge in [-0.2, -0.15) is 17.6 Å². The minimum Gasteiger partial charge on any atom is -0.200 e. The van der Waals surface area contributed by atoms with E-state index in [-0.39, 0.29) is 5.56 Å². The Balaban J connectivity index is 2.26. The molecule has 75 valence electrons. The molecule has 1 aliphatic rings. The van der Waals surface area contributed by atoms with Crippen LogP contribution >= 0.6 is 0 Å². The summed E-state index contributed by atoms with van der Waals surface area (Å²) >= 11 is 0. The van der Waals surface area contributed by atoms with Crippen molar-refractivity contribution in [3.05, 3.63) is 41.8 Å². The monoisotopic (exact) mass is 203 g/mol. The van der Waals surface area contributed by atoms with E-state index in [1.54, 1.807) is 18.2 Å². The molecule has 0 aromatic heterocycles. The van der Waals surface area contributed by atoms with Gasteiger partial charge in [-0.15, -0.1) is 0 Å². The van der Waals surface area contributed by atoms with Crippen LogP contribution in [0, 0.1) is 5.92 Å². The van der Waals surface area contributed by atoms with E-state index < -0.39 is 24.2 Å². The molecule has 0 atom stereocenters. The van der Waals surface area contributed by atoms with E-state index in [0.717, 1.165) is 0 Å². The van der Waals surface area contributed by atoms with Crippen molar-refractivity contribution >= 4 is 0 Å². The second kappa shape index (κ2) is 2.72. The fraction of sp³-hybridized carbons (Fsp3) is 0.300. The lowest BCUT2D eigenvalue weighted by atomic mass is 9.73. The van der Waals surface area contributed by atoms with E-state index in [4.69, 9.17) is 0 Å². The van der Waals surface area contributed by atoms with E-state index in [1.807, 2.05) is 0 Å². The van der Waals surface area contributed by atoms with E-state index in [2.05, 4.69) is 0 Å². The summed E-state index contributed by atoms with van der Waals surface area (Å²) in [5.41, 5.74) is 0.198. The van der Waals surface area contributed by atoms with E-state index in [9.17, 15) is 17.6 Å². The highest BCUT2D eigenvalue weighted by Gasteiger charge is 2.72. The highest BCUT2D eigenvalue weighted by molar-refractivity contribution is 5.42. The molecule has 14 heavy (non-hydrogen) atoms. The van der Waals surface area contributed by atoms with Gasteiger partial charge in [-0.1, -0.05) is 30.3 Å². The summed E-state index contributed by atoms with van der Waals surface area (Å²) in [5, 5.41) is 0. The highest BCUT2D eigenvalue weighted by atomic mass is 19.3. The first-order valence-corrected chi connectivity index (χ1v) is 4.12. The number of alkyl halides is 4. The van der Waals surface area contributed by atoms with Crippen LogP contribution in [0.4, 0.5) is 17.6 Å². The van der Waals surface area contributed by atoms with Gasteiger partial charge in [0.15, 0.2) is 0 Å². The Morgan fingerprint density at radius 3 is 1.93 bits per heavy atom. The number of benzene rings is 1. The highest BCUT2D eigenvalue weighted by Crippen LogP contribution is 2.58. The number of hydrogen-bond donors (Lipinski definition) is 0. The van der Waals surface area contributed by atoms with E-state index in [1.165, 1.54) is 12.1 Å². The molecule has 1 aromatic rings. The number of halogens is 4. The van der Waals surface area contributed by atoms with Crippen LogP contribution in [0.1, 0.15) is 12.0 Å². The summed E-state index contributed by atoms with van der Waals surface area (Å²) in [4.78, 5) is 0. The normalized spacial score (nSPS) is 24.3. The Labute approximate surface area is 78.5 Å². The molecule has 1 fully saturated rings. The molecular formula is C10H7F4. The van der Waals surface area contributed by atoms with Crippen molar-refractivity contribution < 1.29 is 17.6 Å². The molecular weight excluding hydrogens is 196 g/mol. The molecule has 1 saturated carbocycles. The largest absolute Gasteiger partial charge is 0.320 e. The average molecular weight is 203 g/mol. The average Bonchev–Trinajstić information content (AvgIpc) is 2.16. The molecule has 1 radical (unpaired) electrons. The van der Waals surface area contributed by atoms with Crippen LogP contribution in [0.25, 0.3) is 0 Å². The third-order valence-corrected chi connectivity index (χ3v) is 2.36. The van der Waals surface area contributed by atoms with Crippen LogP contribution < -0.4 is 0 Å². The minimum absolute atomic E-state index is 0.198. The van der Waals surface area contributed by atoms with Gasteiger partial charge in [0.2, 0.25) is 0 Å². The molecule has 4 heteroatoms. The maximum atomic E-state index is 12.9. The first-order chi connectivity index (χ1) is 6.45. The summed E-state index contributed by atoms with van der Waals surface area (Å²) in [7, 11) is 0. The van der Waals surface area contributed by atoms with Crippen LogP contribution in [-0.4, -0.2) is 11.8 Å². The molecule has 0 saturated heterocycles. The molecule has 0 heterocycles. The van der Waals surface area contributed by atoms with Gasteiger partial charge in [-0.25, -0.2) is 0 Å². The molecule has 0 aliphatic heterocycles. The second-order valence-electron chi connectivity index (χ2n) is 3.30. The van der Waals surface area contributed by atoms with Gasteiger partial charge in [-0.05, 0) is 5.56 Å². The Morgan fingerprint density at radius 2 is 1.50 bits per heavy atom. The van der Waals surface area contributed by atoms with Crippen molar-refractivity contribution in [3.8, 4) is 0 Å². The van der Waals surface area contributed by atoms with E-state index in [0.29, 0.717) is 0 Å². The van der Waals surface area contributed by atoms with Crippen molar-refractivity contribution in [2.24, 2.45) is 0 Å². The molecule has 0 N–H and O–H groups in total. The molecule has 2 rings (SSSR count). The number of hydrogen-bond acceptors (Lipinski definition) is 0. The molecule has 0 unspecified atom stereocenters. The zero-order valence-corrected chi connectivity index (χ0v) is 7.11. The van der Waals surface area contributed by atoms with Crippen LogP contribution in [0.5, 0.6) is 0 Å². The quantitative estimate of drug-likeness (QED) is 0.614. The van der Waals surface area contributed by atoms with Gasteiger partial charge in [0.05, 0.1) is 5.92 Å². The third kappa shape index (κ3) is 1.13. The zero-order chi connectivity index (χ0) is 10.4. The zero-order valence-electron chi connectivity index (χ0n) is 7.11. The smallest absolute Gasteiger partial charge is 0.200 e. The summed E-state index contributed by atoms with van der Waals surface area (Å²) < 4.78 is 50.7. The van der Waals surface area contributed by atoms with Crippen molar-refractivity contribution in [1.29, 1.82) is 0 Å². The summed E-state index contributed by atoms with van der Waals surface area (Å²) in [5.74, 6) is -8.32. The molecule has 1 aliphatic carbocycles. The maximum absolute atomic E-state index is 12.9. The third-order valence-electron chi connectivity index (χ3n) is 2.36. The van der Waals surface area contributed by atoms with Crippen LogP contribution in [0.3, 0.4) is 0 Å². The maximum Gasteiger partial charge on any atom is 0.320 e. The predicted molar refractivity (Wildman–Crippen MR) is 43.3 cm³/mol. The van der Waals surface area contributed by atoms with Gasteiger partial charge in [0.25, 0.3) is 0 Å². The Hall–Kier alpha value is -1.06.